The fourth-order valence-electron chi connectivity index (χ4n) is 2.45. The number of rotatable bonds is 1. The molecule has 2 N–H and O–H groups in total. The largest absolute Gasteiger partial charge is 0.399 e. The van der Waals surface area contributed by atoms with Crippen LogP contribution in [0.1, 0.15) is 13.3 Å². The minimum absolute atomic E-state index is 0.777. The minimum Gasteiger partial charge on any atom is -0.399 e. The summed E-state index contributed by atoms with van der Waals surface area (Å²) in [5, 5.41) is 1.11. The summed E-state index contributed by atoms with van der Waals surface area (Å²) in [7, 11) is 0. The van der Waals surface area contributed by atoms with E-state index in [2.05, 4.69) is 24.0 Å². The molecule has 3 nitrogen and oxygen atoms in total. The van der Waals surface area contributed by atoms with Crippen molar-refractivity contribution in [1.29, 1.82) is 0 Å². The Bertz CT molecular complexity index is 550. The van der Waals surface area contributed by atoms with E-state index in [1.54, 1.807) is 0 Å². The number of hydrogen-bond donors (Lipinski definition) is 1. The van der Waals surface area contributed by atoms with Crippen molar-refractivity contribution in [2.45, 2.75) is 13.3 Å². The van der Waals surface area contributed by atoms with Crippen LogP contribution in [0.15, 0.2) is 30.3 Å². The van der Waals surface area contributed by atoms with Gasteiger partial charge < -0.3 is 10.6 Å². The topological polar surface area (TPSA) is 42.1 Å². The number of fused-ring (bicyclic) bond motifs is 1. The highest BCUT2D eigenvalue weighted by Crippen LogP contribution is 2.24. The lowest BCUT2D eigenvalue weighted by atomic mass is 10.2. The molecular weight excluding hydrogens is 210 g/mol. The third-order valence-corrected chi connectivity index (χ3v) is 3.45. The number of aromatic nitrogens is 1. The first kappa shape index (κ1) is 10.4. The maximum atomic E-state index is 5.76. The molecule has 1 fully saturated rings. The molecule has 0 amide bonds. The van der Waals surface area contributed by atoms with E-state index in [-0.39, 0.29) is 0 Å². The monoisotopic (exact) mass is 227 g/mol. The van der Waals surface area contributed by atoms with Crippen molar-refractivity contribution in [3.63, 3.8) is 0 Å². The molecule has 1 unspecified atom stereocenters. The van der Waals surface area contributed by atoms with E-state index in [9.17, 15) is 0 Å². The normalized spacial score (nSPS) is 20.1. The molecular formula is C14H17N3. The summed E-state index contributed by atoms with van der Waals surface area (Å²) in [6, 6.07) is 10.1. The second kappa shape index (κ2) is 3.91. The molecule has 1 aliphatic rings. The SMILES string of the molecule is CC1CCN(c2ccc3cc(N)ccc3n2)C1. The van der Waals surface area contributed by atoms with Gasteiger partial charge in [-0.05, 0) is 42.7 Å². The van der Waals surface area contributed by atoms with Crippen molar-refractivity contribution in [2.24, 2.45) is 5.92 Å². The van der Waals surface area contributed by atoms with Crippen LogP contribution < -0.4 is 10.6 Å². The number of anilines is 2. The Kier molecular flexibility index (Phi) is 2.39. The van der Waals surface area contributed by atoms with Crippen LogP contribution in [-0.2, 0) is 0 Å². The molecule has 1 atom stereocenters. The predicted octanol–water partition coefficient (Wildman–Crippen LogP) is 2.66. The molecule has 2 aromatic rings. The van der Waals surface area contributed by atoms with Crippen LogP contribution in [0.25, 0.3) is 10.9 Å². The number of benzene rings is 1. The van der Waals surface area contributed by atoms with Crippen LogP contribution in [0.4, 0.5) is 11.5 Å². The summed E-state index contributed by atoms with van der Waals surface area (Å²) in [6.07, 6.45) is 1.27. The molecule has 0 bridgehead atoms. The van der Waals surface area contributed by atoms with Crippen LogP contribution in [0.2, 0.25) is 0 Å². The van der Waals surface area contributed by atoms with E-state index in [0.29, 0.717) is 0 Å². The average molecular weight is 227 g/mol. The summed E-state index contributed by atoms with van der Waals surface area (Å²) < 4.78 is 0. The van der Waals surface area contributed by atoms with Gasteiger partial charge in [0.15, 0.2) is 0 Å². The second-order valence-electron chi connectivity index (χ2n) is 4.96. The standard InChI is InChI=1S/C14H17N3/c1-10-6-7-17(9-10)14-5-2-11-8-12(15)3-4-13(11)16-14/h2-5,8,10H,6-7,9,15H2,1H3. The number of pyridine rings is 1. The lowest BCUT2D eigenvalue weighted by Gasteiger charge is -2.17. The summed E-state index contributed by atoms with van der Waals surface area (Å²) in [5.74, 6) is 1.87. The zero-order chi connectivity index (χ0) is 11.8. The predicted molar refractivity (Wildman–Crippen MR) is 72.1 cm³/mol. The zero-order valence-corrected chi connectivity index (χ0v) is 10.1. The highest BCUT2D eigenvalue weighted by molar-refractivity contribution is 5.83. The van der Waals surface area contributed by atoms with Crippen molar-refractivity contribution >= 4 is 22.4 Å². The maximum Gasteiger partial charge on any atom is 0.129 e. The molecule has 88 valence electrons. The van der Waals surface area contributed by atoms with Gasteiger partial charge in [0.1, 0.15) is 5.82 Å². The molecule has 0 aliphatic carbocycles. The number of nitrogens with two attached hydrogens (primary N) is 1. The van der Waals surface area contributed by atoms with Crippen LogP contribution in [0.5, 0.6) is 0 Å². The molecule has 1 saturated heterocycles. The number of nitrogens with zero attached hydrogens (tertiary/aromatic N) is 2. The molecule has 1 aromatic heterocycles. The Morgan fingerprint density at radius 1 is 1.29 bits per heavy atom. The smallest absolute Gasteiger partial charge is 0.129 e. The van der Waals surface area contributed by atoms with Gasteiger partial charge in [0, 0.05) is 24.2 Å². The number of nitrogen functional groups attached to an aromatic ring is 1. The van der Waals surface area contributed by atoms with Gasteiger partial charge in [-0.25, -0.2) is 4.98 Å². The average Bonchev–Trinajstić information content (AvgIpc) is 2.75. The van der Waals surface area contributed by atoms with E-state index < -0.39 is 0 Å². The Balaban J connectivity index is 1.99. The Morgan fingerprint density at radius 2 is 2.18 bits per heavy atom. The summed E-state index contributed by atoms with van der Waals surface area (Å²) >= 11 is 0. The van der Waals surface area contributed by atoms with Crippen molar-refractivity contribution < 1.29 is 0 Å². The molecule has 17 heavy (non-hydrogen) atoms. The van der Waals surface area contributed by atoms with Gasteiger partial charge in [-0.1, -0.05) is 6.92 Å². The molecule has 0 radical (unpaired) electrons. The molecule has 0 spiro atoms. The van der Waals surface area contributed by atoms with Crippen LogP contribution in [0, 0.1) is 5.92 Å². The van der Waals surface area contributed by atoms with Crippen LogP contribution in [0.3, 0.4) is 0 Å². The van der Waals surface area contributed by atoms with Crippen molar-refractivity contribution in [1.82, 2.24) is 4.98 Å². The second-order valence-corrected chi connectivity index (χ2v) is 4.96. The number of hydrogen-bond acceptors (Lipinski definition) is 3. The molecule has 0 saturated carbocycles. The zero-order valence-electron chi connectivity index (χ0n) is 10.1. The van der Waals surface area contributed by atoms with Crippen molar-refractivity contribution in [2.75, 3.05) is 23.7 Å². The minimum atomic E-state index is 0.777. The van der Waals surface area contributed by atoms with E-state index in [1.807, 2.05) is 18.2 Å². The highest BCUT2D eigenvalue weighted by Gasteiger charge is 2.19. The van der Waals surface area contributed by atoms with Gasteiger partial charge >= 0.3 is 0 Å². The van der Waals surface area contributed by atoms with Gasteiger partial charge in [-0.3, -0.25) is 0 Å². The molecule has 3 rings (SSSR count). The first-order valence-corrected chi connectivity index (χ1v) is 6.13. The van der Waals surface area contributed by atoms with Gasteiger partial charge in [-0.15, -0.1) is 0 Å². The summed E-state index contributed by atoms with van der Waals surface area (Å²) in [6.45, 7) is 4.53. The highest BCUT2D eigenvalue weighted by atomic mass is 15.2. The van der Waals surface area contributed by atoms with Gasteiger partial charge in [0.2, 0.25) is 0 Å². The van der Waals surface area contributed by atoms with Crippen molar-refractivity contribution in [3.05, 3.63) is 30.3 Å². The fourth-order valence-corrected chi connectivity index (χ4v) is 2.45. The molecule has 2 heterocycles. The first-order valence-electron chi connectivity index (χ1n) is 6.13. The molecule has 1 aromatic carbocycles. The fraction of sp³-hybridized carbons (Fsp3) is 0.357. The van der Waals surface area contributed by atoms with Crippen LogP contribution >= 0.6 is 0 Å². The molecule has 3 heteroatoms. The molecule has 1 aliphatic heterocycles. The van der Waals surface area contributed by atoms with E-state index in [0.717, 1.165) is 41.4 Å². The third kappa shape index (κ3) is 1.93. The maximum absolute atomic E-state index is 5.76. The van der Waals surface area contributed by atoms with E-state index >= 15 is 0 Å². The van der Waals surface area contributed by atoms with Crippen LogP contribution in [-0.4, -0.2) is 18.1 Å². The van der Waals surface area contributed by atoms with Gasteiger partial charge in [0.05, 0.1) is 5.52 Å². The lowest BCUT2D eigenvalue weighted by molar-refractivity contribution is 0.659. The summed E-state index contributed by atoms with van der Waals surface area (Å²) in [5.41, 5.74) is 7.58. The van der Waals surface area contributed by atoms with E-state index in [1.165, 1.54) is 6.42 Å². The Hall–Kier alpha value is -1.77. The van der Waals surface area contributed by atoms with Gasteiger partial charge in [-0.2, -0.15) is 0 Å². The van der Waals surface area contributed by atoms with Crippen molar-refractivity contribution in [3.8, 4) is 0 Å². The Labute approximate surface area is 101 Å². The van der Waals surface area contributed by atoms with E-state index in [4.69, 9.17) is 10.7 Å². The quantitative estimate of drug-likeness (QED) is 0.762. The lowest BCUT2D eigenvalue weighted by Crippen LogP contribution is -2.20. The Morgan fingerprint density at radius 3 is 2.94 bits per heavy atom. The first-order chi connectivity index (χ1) is 8.22. The summed E-state index contributed by atoms with van der Waals surface area (Å²) in [4.78, 5) is 7.06. The third-order valence-electron chi connectivity index (χ3n) is 3.45. The van der Waals surface area contributed by atoms with Gasteiger partial charge in [0.25, 0.3) is 0 Å².